The summed E-state index contributed by atoms with van der Waals surface area (Å²) < 4.78 is 0. The molecule has 1 saturated carbocycles. The number of likely N-dealkylation sites (tertiary alicyclic amines) is 1. The summed E-state index contributed by atoms with van der Waals surface area (Å²) in [5.41, 5.74) is 5.83. The summed E-state index contributed by atoms with van der Waals surface area (Å²) in [7, 11) is 0. The lowest BCUT2D eigenvalue weighted by molar-refractivity contribution is 0.193. The molecule has 3 unspecified atom stereocenters. The Labute approximate surface area is 87.8 Å². The fraction of sp³-hybridized carbons (Fsp3) is 1.00. The van der Waals surface area contributed by atoms with Gasteiger partial charge in [-0.15, -0.1) is 0 Å². The first-order valence-corrected chi connectivity index (χ1v) is 6.29. The Bertz CT molecular complexity index is 181. The summed E-state index contributed by atoms with van der Waals surface area (Å²) in [4.78, 5) is 2.72. The van der Waals surface area contributed by atoms with Gasteiger partial charge in [0.2, 0.25) is 0 Å². The molecule has 0 aromatic carbocycles. The summed E-state index contributed by atoms with van der Waals surface area (Å²) in [6.07, 6.45) is 6.95. The molecule has 0 spiro atoms. The van der Waals surface area contributed by atoms with Crippen LogP contribution in [0.4, 0.5) is 0 Å². The third kappa shape index (κ3) is 1.96. The fourth-order valence-electron chi connectivity index (χ4n) is 3.27. The Balaban J connectivity index is 1.89. The third-order valence-electron chi connectivity index (χ3n) is 4.29. The van der Waals surface area contributed by atoms with Crippen molar-refractivity contribution >= 4 is 0 Å². The summed E-state index contributed by atoms with van der Waals surface area (Å²) in [5, 5.41) is 0. The average molecular weight is 196 g/mol. The smallest absolute Gasteiger partial charge is 0.0136 e. The van der Waals surface area contributed by atoms with Gasteiger partial charge in [-0.3, -0.25) is 4.90 Å². The highest BCUT2D eigenvalue weighted by Gasteiger charge is 2.34. The molecule has 82 valence electrons. The first-order valence-electron chi connectivity index (χ1n) is 6.29. The maximum atomic E-state index is 5.83. The highest BCUT2D eigenvalue weighted by molar-refractivity contribution is 4.89. The number of nitrogens with two attached hydrogens (primary N) is 1. The summed E-state index contributed by atoms with van der Waals surface area (Å²) >= 11 is 0. The molecule has 3 atom stereocenters. The van der Waals surface area contributed by atoms with E-state index in [-0.39, 0.29) is 0 Å². The number of rotatable bonds is 3. The monoisotopic (exact) mass is 196 g/mol. The van der Waals surface area contributed by atoms with E-state index in [0.29, 0.717) is 0 Å². The lowest BCUT2D eigenvalue weighted by Crippen LogP contribution is -2.38. The fourth-order valence-corrected chi connectivity index (χ4v) is 3.27. The molecule has 0 bridgehead atoms. The largest absolute Gasteiger partial charge is 0.330 e. The zero-order valence-electron chi connectivity index (χ0n) is 9.41. The predicted octanol–water partition coefficient (Wildman–Crippen LogP) is 1.85. The van der Waals surface area contributed by atoms with Crippen molar-refractivity contribution in [2.45, 2.75) is 45.1 Å². The van der Waals surface area contributed by atoms with E-state index in [9.17, 15) is 0 Å². The maximum Gasteiger partial charge on any atom is 0.0136 e. The van der Waals surface area contributed by atoms with Crippen LogP contribution in [0.3, 0.4) is 0 Å². The van der Waals surface area contributed by atoms with E-state index in [1.54, 1.807) is 0 Å². The minimum absolute atomic E-state index is 0.797. The lowest BCUT2D eigenvalue weighted by atomic mass is 10.0. The van der Waals surface area contributed by atoms with Crippen molar-refractivity contribution in [2.24, 2.45) is 17.6 Å². The minimum atomic E-state index is 0.797. The molecule has 2 heteroatoms. The van der Waals surface area contributed by atoms with Crippen LogP contribution in [-0.4, -0.2) is 30.6 Å². The topological polar surface area (TPSA) is 29.3 Å². The van der Waals surface area contributed by atoms with Gasteiger partial charge in [0.15, 0.2) is 0 Å². The van der Waals surface area contributed by atoms with Gasteiger partial charge in [0, 0.05) is 12.6 Å². The Morgan fingerprint density at radius 2 is 2.14 bits per heavy atom. The Kier molecular flexibility index (Phi) is 3.45. The highest BCUT2D eigenvalue weighted by atomic mass is 15.2. The maximum absolute atomic E-state index is 5.83. The van der Waals surface area contributed by atoms with E-state index in [2.05, 4.69) is 11.8 Å². The molecule has 0 aromatic heterocycles. The van der Waals surface area contributed by atoms with Crippen molar-refractivity contribution in [3.63, 3.8) is 0 Å². The van der Waals surface area contributed by atoms with Crippen molar-refractivity contribution in [1.29, 1.82) is 0 Å². The molecule has 2 N–H and O–H groups in total. The second-order valence-corrected chi connectivity index (χ2v) is 5.05. The molecule has 1 aliphatic carbocycles. The standard InChI is InChI=1S/C12H24N2/c1-2-10-6-7-14(9-10)12-5-3-4-11(12)8-13/h10-12H,2-9,13H2,1H3. The number of hydrogen-bond donors (Lipinski definition) is 1. The van der Waals surface area contributed by atoms with E-state index in [1.165, 1.54) is 45.2 Å². The van der Waals surface area contributed by atoms with Crippen molar-refractivity contribution in [2.75, 3.05) is 19.6 Å². The average Bonchev–Trinajstić information content (AvgIpc) is 2.85. The van der Waals surface area contributed by atoms with Gasteiger partial charge in [-0.05, 0) is 44.2 Å². The van der Waals surface area contributed by atoms with Crippen LogP contribution in [0, 0.1) is 11.8 Å². The van der Waals surface area contributed by atoms with Crippen LogP contribution in [0.25, 0.3) is 0 Å². The quantitative estimate of drug-likeness (QED) is 0.746. The van der Waals surface area contributed by atoms with Crippen molar-refractivity contribution in [1.82, 2.24) is 4.90 Å². The van der Waals surface area contributed by atoms with Crippen LogP contribution < -0.4 is 5.73 Å². The molecular weight excluding hydrogens is 172 g/mol. The minimum Gasteiger partial charge on any atom is -0.330 e. The first kappa shape index (κ1) is 10.4. The third-order valence-corrected chi connectivity index (χ3v) is 4.29. The Morgan fingerprint density at radius 1 is 1.29 bits per heavy atom. The predicted molar refractivity (Wildman–Crippen MR) is 60.2 cm³/mol. The zero-order chi connectivity index (χ0) is 9.97. The summed E-state index contributed by atoms with van der Waals surface area (Å²) in [6, 6.07) is 0.830. The molecular formula is C12H24N2. The van der Waals surface area contributed by atoms with Crippen LogP contribution >= 0.6 is 0 Å². The van der Waals surface area contributed by atoms with Gasteiger partial charge >= 0.3 is 0 Å². The first-order chi connectivity index (χ1) is 6.85. The second-order valence-electron chi connectivity index (χ2n) is 5.05. The van der Waals surface area contributed by atoms with E-state index >= 15 is 0 Å². The van der Waals surface area contributed by atoms with Gasteiger partial charge in [-0.25, -0.2) is 0 Å². The normalized spacial score (nSPS) is 39.4. The zero-order valence-corrected chi connectivity index (χ0v) is 9.41. The van der Waals surface area contributed by atoms with Crippen molar-refractivity contribution < 1.29 is 0 Å². The van der Waals surface area contributed by atoms with Gasteiger partial charge in [-0.1, -0.05) is 19.8 Å². The van der Waals surface area contributed by atoms with Crippen LogP contribution in [0.5, 0.6) is 0 Å². The van der Waals surface area contributed by atoms with Crippen molar-refractivity contribution in [3.8, 4) is 0 Å². The molecule has 0 radical (unpaired) electrons. The van der Waals surface area contributed by atoms with E-state index in [1.807, 2.05) is 0 Å². The van der Waals surface area contributed by atoms with Gasteiger partial charge in [0.25, 0.3) is 0 Å². The molecule has 2 fully saturated rings. The van der Waals surface area contributed by atoms with Crippen molar-refractivity contribution in [3.05, 3.63) is 0 Å². The van der Waals surface area contributed by atoms with E-state index in [4.69, 9.17) is 5.73 Å². The van der Waals surface area contributed by atoms with Crippen LogP contribution in [0.2, 0.25) is 0 Å². The molecule has 0 aromatic rings. The van der Waals surface area contributed by atoms with Gasteiger partial charge in [0.1, 0.15) is 0 Å². The second kappa shape index (κ2) is 4.63. The molecule has 1 aliphatic heterocycles. The van der Waals surface area contributed by atoms with Gasteiger partial charge < -0.3 is 5.73 Å². The lowest BCUT2D eigenvalue weighted by Gasteiger charge is -2.28. The molecule has 1 saturated heterocycles. The van der Waals surface area contributed by atoms with Gasteiger partial charge in [-0.2, -0.15) is 0 Å². The molecule has 2 nitrogen and oxygen atoms in total. The Hall–Kier alpha value is -0.0800. The molecule has 2 rings (SSSR count). The van der Waals surface area contributed by atoms with E-state index in [0.717, 1.165) is 24.4 Å². The van der Waals surface area contributed by atoms with Crippen LogP contribution in [0.1, 0.15) is 39.0 Å². The Morgan fingerprint density at radius 3 is 2.79 bits per heavy atom. The molecule has 0 amide bonds. The summed E-state index contributed by atoms with van der Waals surface area (Å²) in [5.74, 6) is 1.76. The SMILES string of the molecule is CCC1CCN(C2CCCC2CN)C1. The van der Waals surface area contributed by atoms with Crippen LogP contribution in [0.15, 0.2) is 0 Å². The number of hydrogen-bond acceptors (Lipinski definition) is 2. The van der Waals surface area contributed by atoms with Crippen LogP contribution in [-0.2, 0) is 0 Å². The van der Waals surface area contributed by atoms with Gasteiger partial charge in [0.05, 0.1) is 0 Å². The number of nitrogens with zero attached hydrogens (tertiary/aromatic N) is 1. The molecule has 1 heterocycles. The molecule has 14 heavy (non-hydrogen) atoms. The summed E-state index contributed by atoms with van der Waals surface area (Å²) in [6.45, 7) is 5.90. The van der Waals surface area contributed by atoms with E-state index < -0.39 is 0 Å². The highest BCUT2D eigenvalue weighted by Crippen LogP contribution is 2.33. The molecule has 2 aliphatic rings.